The Hall–Kier alpha value is -3.74. The minimum absolute atomic E-state index is 0.000636. The van der Waals surface area contributed by atoms with Crippen LogP contribution in [-0.2, 0) is 38.6 Å². The van der Waals surface area contributed by atoms with E-state index in [0.29, 0.717) is 12.1 Å². The first-order valence-corrected chi connectivity index (χ1v) is 12.2. The van der Waals surface area contributed by atoms with Gasteiger partial charge in [-0.1, -0.05) is 81.4 Å². The van der Waals surface area contributed by atoms with E-state index in [1.165, 1.54) is 11.2 Å². The quantitative estimate of drug-likeness (QED) is 0.404. The zero-order valence-corrected chi connectivity index (χ0v) is 21.4. The van der Waals surface area contributed by atoms with Gasteiger partial charge in [-0.25, -0.2) is 9.78 Å². The van der Waals surface area contributed by atoms with Crippen molar-refractivity contribution in [3.63, 3.8) is 0 Å². The molecule has 0 aliphatic heterocycles. The summed E-state index contributed by atoms with van der Waals surface area (Å²) in [6.45, 7) is 5.66. The molecular weight excluding hydrogens is 454 g/mol. The lowest BCUT2D eigenvalue weighted by Gasteiger charge is -2.30. The van der Waals surface area contributed by atoms with Crippen LogP contribution in [0.1, 0.15) is 44.0 Å². The van der Waals surface area contributed by atoms with Crippen molar-refractivity contribution >= 4 is 17.7 Å². The third-order valence-electron chi connectivity index (χ3n) is 6.21. The first kappa shape index (κ1) is 26.9. The highest BCUT2D eigenvalue weighted by Gasteiger charge is 2.35. The first-order valence-electron chi connectivity index (χ1n) is 12.2. The number of hydrogen-bond acceptors (Lipinski definition) is 5. The van der Waals surface area contributed by atoms with Crippen molar-refractivity contribution in [1.29, 1.82) is 0 Å². The Bertz CT molecular complexity index is 1120. The van der Waals surface area contributed by atoms with Crippen LogP contribution in [0.2, 0.25) is 0 Å². The molecule has 0 aliphatic rings. The fourth-order valence-corrected chi connectivity index (χ4v) is 3.92. The van der Waals surface area contributed by atoms with Gasteiger partial charge in [0.15, 0.2) is 0 Å². The molecule has 3 rings (SSSR count). The molecule has 1 amide bonds. The number of nitrogens with one attached hydrogen (secondary N) is 1. The summed E-state index contributed by atoms with van der Waals surface area (Å²) < 4.78 is 5.61. The summed E-state index contributed by atoms with van der Waals surface area (Å²) >= 11 is 0. The molecule has 1 heterocycles. The molecule has 0 aliphatic carbocycles. The number of nitrogens with zero attached hydrogens (tertiary/aromatic N) is 2. The lowest BCUT2D eigenvalue weighted by atomic mass is 9.82. The summed E-state index contributed by atoms with van der Waals surface area (Å²) in [6, 6.07) is 18.1. The predicted molar refractivity (Wildman–Crippen MR) is 138 cm³/mol. The largest absolute Gasteiger partial charge is 0.459 e. The Morgan fingerprint density at radius 2 is 1.56 bits per heavy atom. The van der Waals surface area contributed by atoms with Gasteiger partial charge in [0.1, 0.15) is 18.4 Å². The number of carbonyl (C=O) groups is 3. The van der Waals surface area contributed by atoms with Gasteiger partial charge in [0.2, 0.25) is 5.91 Å². The zero-order chi connectivity index (χ0) is 26.1. The molecule has 1 N–H and O–H groups in total. The average Bonchev–Trinajstić information content (AvgIpc) is 3.38. The van der Waals surface area contributed by atoms with Crippen LogP contribution >= 0.6 is 0 Å². The number of ether oxygens (including phenoxy) is 1. The maximum Gasteiger partial charge on any atom is 0.329 e. The smallest absolute Gasteiger partial charge is 0.329 e. The van der Waals surface area contributed by atoms with Crippen molar-refractivity contribution in [1.82, 2.24) is 14.9 Å². The van der Waals surface area contributed by atoms with Crippen LogP contribution in [-0.4, -0.2) is 45.6 Å². The van der Waals surface area contributed by atoms with Crippen molar-refractivity contribution in [2.24, 2.45) is 11.3 Å². The van der Waals surface area contributed by atoms with Crippen LogP contribution in [0, 0.1) is 11.3 Å². The Morgan fingerprint density at radius 3 is 2.11 bits per heavy atom. The zero-order valence-electron chi connectivity index (χ0n) is 21.4. The minimum atomic E-state index is -0.882. The van der Waals surface area contributed by atoms with Crippen molar-refractivity contribution in [3.05, 3.63) is 90.0 Å². The van der Waals surface area contributed by atoms with E-state index in [9.17, 15) is 14.4 Å². The lowest BCUT2D eigenvalue weighted by Crippen LogP contribution is -2.48. The molecule has 0 radical (unpaired) electrons. The molecule has 2 aromatic carbocycles. The summed E-state index contributed by atoms with van der Waals surface area (Å²) in [6.07, 6.45) is 3.92. The topological polar surface area (TPSA) is 92.4 Å². The number of imidazole rings is 1. The van der Waals surface area contributed by atoms with E-state index in [0.717, 1.165) is 11.1 Å². The number of rotatable bonds is 11. The van der Waals surface area contributed by atoms with E-state index in [-0.39, 0.29) is 31.1 Å². The highest BCUT2D eigenvalue weighted by Crippen LogP contribution is 2.25. The molecule has 190 valence electrons. The number of aromatic nitrogens is 2. The number of aromatic amines is 1. The second-order valence-corrected chi connectivity index (χ2v) is 10.1. The summed E-state index contributed by atoms with van der Waals surface area (Å²) in [5.41, 5.74) is 1.89. The molecule has 0 saturated heterocycles. The van der Waals surface area contributed by atoms with Gasteiger partial charge in [0.25, 0.3) is 0 Å². The second kappa shape index (κ2) is 12.3. The van der Waals surface area contributed by atoms with Crippen LogP contribution in [0.3, 0.4) is 0 Å². The van der Waals surface area contributed by atoms with Crippen molar-refractivity contribution in [2.45, 2.75) is 52.7 Å². The monoisotopic (exact) mass is 489 g/mol. The van der Waals surface area contributed by atoms with Crippen LogP contribution in [0.4, 0.5) is 0 Å². The SMILES string of the molecule is CN(C(=O)[C@@H](CC(=O)C(C)(C)C)Cc1ccccc1)[C@@H](Cc1c[nH]cn1)C(=O)OCc1ccccc1. The third kappa shape index (κ3) is 7.63. The van der Waals surface area contributed by atoms with E-state index in [4.69, 9.17) is 4.74 Å². The maximum atomic E-state index is 13.8. The van der Waals surface area contributed by atoms with Gasteiger partial charge >= 0.3 is 5.97 Å². The molecular formula is C29H35N3O4. The molecule has 7 heteroatoms. The van der Waals surface area contributed by atoms with Crippen LogP contribution < -0.4 is 0 Å². The second-order valence-electron chi connectivity index (χ2n) is 10.1. The standard InChI is InChI=1S/C29H35N3O4/c1-29(2,3)26(33)16-23(15-21-11-7-5-8-12-21)27(34)32(4)25(17-24-18-30-20-31-24)28(35)36-19-22-13-9-6-10-14-22/h5-14,18,20,23,25H,15-17,19H2,1-4H3,(H,30,31)/t23-,25+/m1/s1. The minimum Gasteiger partial charge on any atom is -0.459 e. The molecule has 0 bridgehead atoms. The molecule has 0 saturated carbocycles. The number of Topliss-reactive ketones (excluding diaryl/α,β-unsaturated/α-hetero) is 1. The number of esters is 1. The van der Waals surface area contributed by atoms with Crippen LogP contribution in [0.5, 0.6) is 0 Å². The van der Waals surface area contributed by atoms with Gasteiger partial charge in [-0.15, -0.1) is 0 Å². The molecule has 3 aromatic rings. The van der Waals surface area contributed by atoms with E-state index in [2.05, 4.69) is 9.97 Å². The van der Waals surface area contributed by atoms with E-state index in [1.807, 2.05) is 81.4 Å². The first-order chi connectivity index (χ1) is 17.1. The maximum absolute atomic E-state index is 13.8. The Morgan fingerprint density at radius 1 is 0.944 bits per heavy atom. The van der Waals surface area contributed by atoms with E-state index in [1.54, 1.807) is 13.2 Å². The Balaban J connectivity index is 1.83. The molecule has 0 fully saturated rings. The number of ketones is 1. The van der Waals surface area contributed by atoms with E-state index >= 15 is 0 Å². The molecule has 2 atom stereocenters. The number of amides is 1. The average molecular weight is 490 g/mol. The number of likely N-dealkylation sites (N-methyl/N-ethyl adjacent to an activating group) is 1. The lowest BCUT2D eigenvalue weighted by molar-refractivity contribution is -0.156. The number of H-pyrrole nitrogens is 1. The molecule has 7 nitrogen and oxygen atoms in total. The normalized spacial score (nSPS) is 13.0. The van der Waals surface area contributed by atoms with Crippen LogP contribution in [0.25, 0.3) is 0 Å². The van der Waals surface area contributed by atoms with Gasteiger partial charge in [-0.2, -0.15) is 0 Å². The van der Waals surface area contributed by atoms with Crippen molar-refractivity contribution < 1.29 is 19.1 Å². The van der Waals surface area contributed by atoms with Crippen molar-refractivity contribution in [2.75, 3.05) is 7.05 Å². The number of carbonyl (C=O) groups excluding carboxylic acids is 3. The Kier molecular flexibility index (Phi) is 9.17. The third-order valence-corrected chi connectivity index (χ3v) is 6.21. The molecule has 1 aromatic heterocycles. The predicted octanol–water partition coefficient (Wildman–Crippen LogP) is 4.39. The van der Waals surface area contributed by atoms with Crippen LogP contribution in [0.15, 0.2) is 73.2 Å². The van der Waals surface area contributed by atoms with Gasteiger partial charge < -0.3 is 14.6 Å². The summed E-state index contributed by atoms with van der Waals surface area (Å²) in [4.78, 5) is 48.5. The summed E-state index contributed by atoms with van der Waals surface area (Å²) in [5, 5.41) is 0. The van der Waals surface area contributed by atoms with Gasteiger partial charge in [0.05, 0.1) is 12.0 Å². The molecule has 0 unspecified atom stereocenters. The van der Waals surface area contributed by atoms with Gasteiger partial charge in [-0.3, -0.25) is 9.59 Å². The number of benzene rings is 2. The summed E-state index contributed by atoms with van der Waals surface area (Å²) in [7, 11) is 1.60. The Labute approximate surface area is 212 Å². The summed E-state index contributed by atoms with van der Waals surface area (Å²) in [5.74, 6) is -1.39. The highest BCUT2D eigenvalue weighted by molar-refractivity contribution is 5.91. The number of hydrogen-bond donors (Lipinski definition) is 1. The molecule has 0 spiro atoms. The molecule has 36 heavy (non-hydrogen) atoms. The fraction of sp³-hybridized carbons (Fsp3) is 0.379. The highest BCUT2D eigenvalue weighted by atomic mass is 16.5. The van der Waals surface area contributed by atoms with Gasteiger partial charge in [-0.05, 0) is 17.5 Å². The van der Waals surface area contributed by atoms with Gasteiger partial charge in [0, 0.05) is 37.4 Å². The van der Waals surface area contributed by atoms with Crippen molar-refractivity contribution in [3.8, 4) is 0 Å². The van der Waals surface area contributed by atoms with E-state index < -0.39 is 23.3 Å². The fourth-order valence-electron chi connectivity index (χ4n) is 3.92.